The monoisotopic (exact) mass is 371 g/mol. The van der Waals surface area contributed by atoms with Gasteiger partial charge in [0, 0.05) is 44.2 Å². The Morgan fingerprint density at radius 3 is 2.74 bits per heavy atom. The third-order valence-electron chi connectivity index (χ3n) is 5.55. The lowest BCUT2D eigenvalue weighted by molar-refractivity contribution is 0.0727. The fourth-order valence-electron chi connectivity index (χ4n) is 4.04. The molecule has 2 atom stereocenters. The number of pyridine rings is 1. The number of hydrogen-bond donors (Lipinski definition) is 0. The van der Waals surface area contributed by atoms with Crippen molar-refractivity contribution in [1.82, 2.24) is 9.88 Å². The van der Waals surface area contributed by atoms with Crippen LogP contribution in [0.4, 0.5) is 10.2 Å². The van der Waals surface area contributed by atoms with E-state index in [9.17, 15) is 4.39 Å². The van der Waals surface area contributed by atoms with E-state index in [0.717, 1.165) is 50.6 Å². The number of piperazine rings is 1. The lowest BCUT2D eigenvalue weighted by atomic mass is 9.91. The highest BCUT2D eigenvalue weighted by Crippen LogP contribution is 2.28. The first-order valence-electron chi connectivity index (χ1n) is 9.59. The van der Waals surface area contributed by atoms with Gasteiger partial charge in [0.05, 0.1) is 13.7 Å². The summed E-state index contributed by atoms with van der Waals surface area (Å²) < 4.78 is 24.1. The second-order valence-corrected chi connectivity index (χ2v) is 7.34. The Hall–Kier alpha value is -2.34. The Morgan fingerprint density at radius 1 is 1.07 bits per heavy atom. The minimum Gasteiger partial charge on any atom is -0.493 e. The standard InChI is InChI=1S/C21H26FN3O2/c1-26-21-4-2-3-20(23-21)25-12-11-24-13-16(5-8-18(24)14-25)15-27-19-9-6-17(22)7-10-19/h2-4,6-7,9-10,16,18H,5,8,11-15H2,1H3/t16-,18?/m1/s1. The summed E-state index contributed by atoms with van der Waals surface area (Å²) >= 11 is 0. The molecule has 2 saturated heterocycles. The molecule has 1 aromatic carbocycles. The Labute approximate surface area is 159 Å². The number of hydrogen-bond acceptors (Lipinski definition) is 5. The zero-order valence-corrected chi connectivity index (χ0v) is 15.7. The predicted octanol–water partition coefficient (Wildman–Crippen LogP) is 3.21. The second-order valence-electron chi connectivity index (χ2n) is 7.34. The number of fused-ring (bicyclic) bond motifs is 1. The Kier molecular flexibility index (Phi) is 5.43. The first-order valence-corrected chi connectivity index (χ1v) is 9.59. The van der Waals surface area contributed by atoms with Crippen molar-refractivity contribution in [3.8, 4) is 11.6 Å². The minimum atomic E-state index is -0.230. The second kappa shape index (κ2) is 8.13. The molecular formula is C21H26FN3O2. The van der Waals surface area contributed by atoms with Crippen molar-refractivity contribution in [2.45, 2.75) is 18.9 Å². The zero-order valence-electron chi connectivity index (χ0n) is 15.7. The van der Waals surface area contributed by atoms with E-state index in [0.29, 0.717) is 24.4 Å². The Bertz CT molecular complexity index is 755. The summed E-state index contributed by atoms with van der Waals surface area (Å²) in [5.41, 5.74) is 0. The summed E-state index contributed by atoms with van der Waals surface area (Å²) in [7, 11) is 1.65. The number of piperidine rings is 1. The van der Waals surface area contributed by atoms with Crippen LogP contribution < -0.4 is 14.4 Å². The molecule has 0 spiro atoms. The number of anilines is 1. The lowest BCUT2D eigenvalue weighted by Crippen LogP contribution is -2.57. The van der Waals surface area contributed by atoms with E-state index < -0.39 is 0 Å². The molecular weight excluding hydrogens is 345 g/mol. The molecule has 3 heterocycles. The molecule has 2 aliphatic rings. The summed E-state index contributed by atoms with van der Waals surface area (Å²) in [4.78, 5) is 9.52. The molecule has 1 unspecified atom stereocenters. The number of benzene rings is 1. The normalized spacial score (nSPS) is 23.0. The maximum Gasteiger partial charge on any atom is 0.214 e. The van der Waals surface area contributed by atoms with Crippen molar-refractivity contribution in [2.75, 3.05) is 44.8 Å². The lowest BCUT2D eigenvalue weighted by Gasteiger charge is -2.46. The molecule has 0 saturated carbocycles. The van der Waals surface area contributed by atoms with Crippen LogP contribution in [-0.4, -0.2) is 55.8 Å². The van der Waals surface area contributed by atoms with E-state index in [1.807, 2.05) is 12.1 Å². The van der Waals surface area contributed by atoms with Gasteiger partial charge in [-0.15, -0.1) is 0 Å². The van der Waals surface area contributed by atoms with Gasteiger partial charge in [-0.05, 0) is 43.2 Å². The van der Waals surface area contributed by atoms with E-state index in [1.165, 1.54) is 12.1 Å². The van der Waals surface area contributed by atoms with Gasteiger partial charge in [-0.1, -0.05) is 6.07 Å². The molecule has 2 aromatic rings. The summed E-state index contributed by atoms with van der Waals surface area (Å²) in [5.74, 6) is 2.69. The highest BCUT2D eigenvalue weighted by molar-refractivity contribution is 5.41. The van der Waals surface area contributed by atoms with Gasteiger partial charge in [0.25, 0.3) is 0 Å². The van der Waals surface area contributed by atoms with Gasteiger partial charge < -0.3 is 14.4 Å². The average molecular weight is 371 g/mol. The molecule has 1 aromatic heterocycles. The van der Waals surface area contributed by atoms with Crippen molar-refractivity contribution in [3.63, 3.8) is 0 Å². The predicted molar refractivity (Wildman–Crippen MR) is 103 cm³/mol. The molecule has 0 bridgehead atoms. The highest BCUT2D eigenvalue weighted by atomic mass is 19.1. The van der Waals surface area contributed by atoms with Crippen LogP contribution in [0.2, 0.25) is 0 Å². The van der Waals surface area contributed by atoms with Crippen molar-refractivity contribution in [3.05, 3.63) is 48.3 Å². The first-order chi connectivity index (χ1) is 13.2. The number of methoxy groups -OCH3 is 1. The number of ether oxygens (including phenoxy) is 2. The minimum absolute atomic E-state index is 0.230. The summed E-state index contributed by atoms with van der Waals surface area (Å²) in [6, 6.07) is 12.8. The van der Waals surface area contributed by atoms with Crippen LogP contribution in [-0.2, 0) is 0 Å². The van der Waals surface area contributed by atoms with Gasteiger partial charge in [-0.2, -0.15) is 4.98 Å². The largest absolute Gasteiger partial charge is 0.493 e. The Balaban J connectivity index is 1.30. The summed E-state index contributed by atoms with van der Waals surface area (Å²) in [6.45, 7) is 4.77. The van der Waals surface area contributed by atoms with Crippen molar-refractivity contribution < 1.29 is 13.9 Å². The third kappa shape index (κ3) is 4.33. The van der Waals surface area contributed by atoms with Gasteiger partial charge in [0.15, 0.2) is 0 Å². The number of rotatable bonds is 5. The van der Waals surface area contributed by atoms with E-state index in [4.69, 9.17) is 9.47 Å². The Morgan fingerprint density at radius 2 is 1.93 bits per heavy atom. The van der Waals surface area contributed by atoms with E-state index in [1.54, 1.807) is 19.2 Å². The van der Waals surface area contributed by atoms with Crippen molar-refractivity contribution >= 4 is 5.82 Å². The van der Waals surface area contributed by atoms with Crippen LogP contribution in [0.15, 0.2) is 42.5 Å². The molecule has 144 valence electrons. The van der Waals surface area contributed by atoms with Gasteiger partial charge in [0.1, 0.15) is 17.4 Å². The maximum absolute atomic E-state index is 13.0. The molecule has 4 rings (SSSR count). The topological polar surface area (TPSA) is 37.8 Å². The fourth-order valence-corrected chi connectivity index (χ4v) is 4.04. The molecule has 0 N–H and O–H groups in total. The van der Waals surface area contributed by atoms with Crippen molar-refractivity contribution in [1.29, 1.82) is 0 Å². The van der Waals surface area contributed by atoms with E-state index in [-0.39, 0.29) is 5.82 Å². The molecule has 5 nitrogen and oxygen atoms in total. The molecule has 0 amide bonds. The quantitative estimate of drug-likeness (QED) is 0.807. The van der Waals surface area contributed by atoms with E-state index >= 15 is 0 Å². The SMILES string of the molecule is COc1cccc(N2CCN3C[C@H](COc4ccc(F)cc4)CCC3C2)n1. The average Bonchev–Trinajstić information content (AvgIpc) is 2.73. The zero-order chi connectivity index (χ0) is 18.6. The van der Waals surface area contributed by atoms with Gasteiger partial charge in [0.2, 0.25) is 5.88 Å². The van der Waals surface area contributed by atoms with Gasteiger partial charge in [-0.25, -0.2) is 4.39 Å². The van der Waals surface area contributed by atoms with Crippen LogP contribution in [0.1, 0.15) is 12.8 Å². The smallest absolute Gasteiger partial charge is 0.214 e. The molecule has 27 heavy (non-hydrogen) atoms. The summed E-state index contributed by atoms with van der Waals surface area (Å²) in [5, 5.41) is 0. The van der Waals surface area contributed by atoms with Crippen LogP contribution in [0.5, 0.6) is 11.6 Å². The van der Waals surface area contributed by atoms with Crippen LogP contribution in [0, 0.1) is 11.7 Å². The van der Waals surface area contributed by atoms with Crippen LogP contribution in [0.3, 0.4) is 0 Å². The first kappa shape index (κ1) is 18.0. The molecule has 2 fully saturated rings. The third-order valence-corrected chi connectivity index (χ3v) is 5.55. The number of nitrogens with zero attached hydrogens (tertiary/aromatic N) is 3. The molecule has 6 heteroatoms. The van der Waals surface area contributed by atoms with Crippen LogP contribution in [0.25, 0.3) is 0 Å². The van der Waals surface area contributed by atoms with Gasteiger partial charge in [-0.3, -0.25) is 4.90 Å². The number of aromatic nitrogens is 1. The molecule has 0 aliphatic carbocycles. The number of halogens is 1. The van der Waals surface area contributed by atoms with Crippen LogP contribution >= 0.6 is 0 Å². The highest BCUT2D eigenvalue weighted by Gasteiger charge is 2.33. The maximum atomic E-state index is 13.0. The molecule has 2 aliphatic heterocycles. The van der Waals surface area contributed by atoms with Crippen molar-refractivity contribution in [2.24, 2.45) is 5.92 Å². The molecule has 0 radical (unpaired) electrons. The van der Waals surface area contributed by atoms with E-state index in [2.05, 4.69) is 20.9 Å². The summed E-state index contributed by atoms with van der Waals surface area (Å²) in [6.07, 6.45) is 2.32. The fraction of sp³-hybridized carbons (Fsp3) is 0.476. The van der Waals surface area contributed by atoms with Gasteiger partial charge >= 0.3 is 0 Å².